The van der Waals surface area contributed by atoms with E-state index < -0.39 is 16.1 Å². The maximum absolute atomic E-state index is 12.8. The quantitative estimate of drug-likeness (QED) is 0.371. The molecule has 0 radical (unpaired) electrons. The number of oxazole rings is 1. The number of para-hydroxylation sites is 2. The lowest BCUT2D eigenvalue weighted by Crippen LogP contribution is -2.39. The maximum atomic E-state index is 12.8. The molecule has 32 heavy (non-hydrogen) atoms. The molecule has 5 aromatic rings. The van der Waals surface area contributed by atoms with Crippen molar-refractivity contribution in [2.45, 2.75) is 24.8 Å². The van der Waals surface area contributed by atoms with Crippen LogP contribution in [0.15, 0.2) is 74.4 Å². The minimum absolute atomic E-state index is 0.0724. The van der Waals surface area contributed by atoms with Gasteiger partial charge in [0.25, 0.3) is 0 Å². The Labute approximate surface area is 184 Å². The molecule has 0 amide bonds. The molecule has 8 heteroatoms. The van der Waals surface area contributed by atoms with Gasteiger partial charge in [-0.15, -0.1) is 0 Å². The number of nitrogens with one attached hydrogen (secondary N) is 1. The fourth-order valence-corrected chi connectivity index (χ4v) is 4.96. The normalized spacial score (nSPS) is 13.3. The van der Waals surface area contributed by atoms with Gasteiger partial charge in [-0.3, -0.25) is 0 Å². The second-order valence-electron chi connectivity index (χ2n) is 7.98. The van der Waals surface area contributed by atoms with Crippen molar-refractivity contribution in [3.8, 4) is 11.5 Å². The highest BCUT2D eigenvalue weighted by Gasteiger charge is 2.23. The summed E-state index contributed by atoms with van der Waals surface area (Å²) in [6.07, 6.45) is 0.613. The molecule has 0 unspecified atom stereocenters. The van der Waals surface area contributed by atoms with Crippen LogP contribution in [0.5, 0.6) is 0 Å². The van der Waals surface area contributed by atoms with E-state index in [4.69, 9.17) is 8.83 Å². The number of aldehydes is 1. The van der Waals surface area contributed by atoms with E-state index in [2.05, 4.69) is 9.71 Å². The zero-order valence-corrected chi connectivity index (χ0v) is 18.2. The van der Waals surface area contributed by atoms with E-state index >= 15 is 0 Å². The number of aromatic nitrogens is 1. The van der Waals surface area contributed by atoms with Crippen LogP contribution in [0.3, 0.4) is 0 Å². The van der Waals surface area contributed by atoms with E-state index in [1.54, 1.807) is 26.0 Å². The van der Waals surface area contributed by atoms with Gasteiger partial charge in [-0.05, 0) is 54.4 Å². The molecule has 3 aromatic carbocycles. The van der Waals surface area contributed by atoms with Crippen molar-refractivity contribution in [3.63, 3.8) is 0 Å². The van der Waals surface area contributed by atoms with Crippen molar-refractivity contribution in [2.75, 3.05) is 0 Å². The maximum Gasteiger partial charge on any atom is 0.241 e. The molecule has 1 N–H and O–H groups in total. The summed E-state index contributed by atoms with van der Waals surface area (Å²) in [7, 11) is -3.87. The Morgan fingerprint density at radius 3 is 2.47 bits per heavy atom. The zero-order valence-electron chi connectivity index (χ0n) is 17.4. The van der Waals surface area contributed by atoms with Crippen LogP contribution in [0.4, 0.5) is 0 Å². The number of benzene rings is 3. The predicted octanol–water partition coefficient (Wildman–Crippen LogP) is 4.90. The van der Waals surface area contributed by atoms with E-state index in [0.29, 0.717) is 34.3 Å². The average Bonchev–Trinajstić information content (AvgIpc) is 3.37. The molecule has 0 spiro atoms. The number of hydrogen-bond acceptors (Lipinski definition) is 6. The Morgan fingerprint density at radius 1 is 0.906 bits per heavy atom. The first-order valence-corrected chi connectivity index (χ1v) is 11.6. The molecule has 5 rings (SSSR count). The number of carbonyl (C=O) groups is 1. The van der Waals surface area contributed by atoms with Crippen LogP contribution in [-0.4, -0.2) is 25.7 Å². The molecule has 0 saturated carbocycles. The van der Waals surface area contributed by atoms with Crippen LogP contribution in [0, 0.1) is 5.92 Å². The molecule has 0 fully saturated rings. The summed E-state index contributed by atoms with van der Waals surface area (Å²) in [6.45, 7) is 3.56. The van der Waals surface area contributed by atoms with Gasteiger partial charge in [0.2, 0.25) is 15.9 Å². The molecule has 0 saturated heterocycles. The van der Waals surface area contributed by atoms with Crippen LogP contribution >= 0.6 is 0 Å². The van der Waals surface area contributed by atoms with E-state index in [1.807, 2.05) is 42.5 Å². The Kier molecular flexibility index (Phi) is 4.83. The van der Waals surface area contributed by atoms with Gasteiger partial charge < -0.3 is 13.6 Å². The van der Waals surface area contributed by atoms with E-state index in [1.165, 1.54) is 6.07 Å². The lowest BCUT2D eigenvalue weighted by atomic mass is 10.1. The summed E-state index contributed by atoms with van der Waals surface area (Å²) < 4.78 is 39.9. The third-order valence-corrected chi connectivity index (χ3v) is 6.91. The Hall–Kier alpha value is -3.49. The fourth-order valence-electron chi connectivity index (χ4n) is 3.62. The van der Waals surface area contributed by atoms with E-state index in [9.17, 15) is 13.2 Å². The third-order valence-electron chi connectivity index (χ3n) is 5.45. The first kappa shape index (κ1) is 20.4. The third kappa shape index (κ3) is 3.47. The number of sulfonamides is 1. The van der Waals surface area contributed by atoms with Crippen molar-refractivity contribution in [1.82, 2.24) is 9.71 Å². The van der Waals surface area contributed by atoms with Gasteiger partial charge in [0, 0.05) is 16.3 Å². The predicted molar refractivity (Wildman–Crippen MR) is 122 cm³/mol. The summed E-state index contributed by atoms with van der Waals surface area (Å²) in [6, 6.07) is 16.9. The molecule has 0 aliphatic heterocycles. The summed E-state index contributed by atoms with van der Waals surface area (Å²) in [4.78, 5) is 15.8. The molecular formula is C24H20N2O5S. The smallest absolute Gasteiger partial charge is 0.241 e. The van der Waals surface area contributed by atoms with Crippen molar-refractivity contribution in [3.05, 3.63) is 60.7 Å². The second kappa shape index (κ2) is 7.58. The molecule has 0 aliphatic carbocycles. The van der Waals surface area contributed by atoms with Crippen molar-refractivity contribution in [1.29, 1.82) is 0 Å². The van der Waals surface area contributed by atoms with Crippen LogP contribution in [0.1, 0.15) is 13.8 Å². The van der Waals surface area contributed by atoms with Crippen molar-refractivity contribution < 1.29 is 22.0 Å². The Balaban J connectivity index is 1.56. The standard InChI is InChI=1S/C24H20N2O5S/c1-14(2)20(13-27)26-32(28,29)16-8-10-21-18(12-16)17-9-7-15(11-23(17)30-21)24-25-19-5-3-4-6-22(19)31-24/h3-14,20,26H,1-2H3/t20-/m0/s1. The topological polar surface area (TPSA) is 102 Å². The molecule has 0 bridgehead atoms. The monoisotopic (exact) mass is 448 g/mol. The summed E-state index contributed by atoms with van der Waals surface area (Å²) >= 11 is 0. The molecular weight excluding hydrogens is 428 g/mol. The van der Waals surface area contributed by atoms with Gasteiger partial charge in [0.05, 0.1) is 10.9 Å². The van der Waals surface area contributed by atoms with Gasteiger partial charge >= 0.3 is 0 Å². The summed E-state index contributed by atoms with van der Waals surface area (Å²) in [5, 5.41) is 1.44. The number of furan rings is 1. The minimum Gasteiger partial charge on any atom is -0.456 e. The van der Waals surface area contributed by atoms with Gasteiger partial charge in [-0.2, -0.15) is 0 Å². The van der Waals surface area contributed by atoms with Crippen LogP contribution in [-0.2, 0) is 14.8 Å². The fraction of sp³-hybridized carbons (Fsp3) is 0.167. The largest absolute Gasteiger partial charge is 0.456 e. The lowest BCUT2D eigenvalue weighted by molar-refractivity contribution is -0.110. The SMILES string of the molecule is CC(C)[C@H](C=O)NS(=O)(=O)c1ccc2oc3cc(-c4nc5ccccc5o4)ccc3c2c1. The number of fused-ring (bicyclic) bond motifs is 4. The second-order valence-corrected chi connectivity index (χ2v) is 9.70. The van der Waals surface area contributed by atoms with Gasteiger partial charge in [-0.1, -0.05) is 26.0 Å². The molecule has 7 nitrogen and oxygen atoms in total. The molecule has 1 atom stereocenters. The lowest BCUT2D eigenvalue weighted by Gasteiger charge is -2.16. The van der Waals surface area contributed by atoms with Crippen molar-refractivity contribution in [2.24, 2.45) is 5.92 Å². The van der Waals surface area contributed by atoms with Crippen molar-refractivity contribution >= 4 is 49.3 Å². The highest BCUT2D eigenvalue weighted by Crippen LogP contribution is 2.34. The molecule has 162 valence electrons. The number of carbonyl (C=O) groups excluding carboxylic acids is 1. The van der Waals surface area contributed by atoms with Crippen LogP contribution in [0.2, 0.25) is 0 Å². The Bertz CT molecular complexity index is 1550. The molecule has 0 aliphatic rings. The zero-order chi connectivity index (χ0) is 22.5. The first-order valence-electron chi connectivity index (χ1n) is 10.2. The van der Waals surface area contributed by atoms with Crippen LogP contribution < -0.4 is 4.72 Å². The Morgan fingerprint density at radius 2 is 1.72 bits per heavy atom. The number of rotatable bonds is 6. The highest BCUT2D eigenvalue weighted by molar-refractivity contribution is 7.89. The van der Waals surface area contributed by atoms with E-state index in [-0.39, 0.29) is 10.8 Å². The summed E-state index contributed by atoms with van der Waals surface area (Å²) in [5.74, 6) is 0.320. The highest BCUT2D eigenvalue weighted by atomic mass is 32.2. The minimum atomic E-state index is -3.87. The average molecular weight is 449 g/mol. The molecule has 2 aromatic heterocycles. The van der Waals surface area contributed by atoms with Gasteiger partial charge in [-0.25, -0.2) is 18.1 Å². The summed E-state index contributed by atoms with van der Waals surface area (Å²) in [5.41, 5.74) is 3.38. The number of hydrogen-bond donors (Lipinski definition) is 1. The first-order chi connectivity index (χ1) is 15.4. The van der Waals surface area contributed by atoms with E-state index in [0.717, 1.165) is 16.5 Å². The van der Waals surface area contributed by atoms with Gasteiger partial charge in [0.15, 0.2) is 5.58 Å². The molecule has 2 heterocycles. The van der Waals surface area contributed by atoms with Gasteiger partial charge in [0.1, 0.15) is 23.0 Å². The number of nitrogens with zero attached hydrogens (tertiary/aromatic N) is 1. The van der Waals surface area contributed by atoms with Crippen LogP contribution in [0.25, 0.3) is 44.5 Å².